The van der Waals surface area contributed by atoms with Crippen molar-refractivity contribution in [2.75, 3.05) is 7.05 Å². The van der Waals surface area contributed by atoms with E-state index < -0.39 is 10.0 Å². The van der Waals surface area contributed by atoms with Crippen LogP contribution in [0.5, 0.6) is 0 Å². The summed E-state index contributed by atoms with van der Waals surface area (Å²) >= 11 is 1.24. The fraction of sp³-hybridized carbons (Fsp3) is 0.167. The number of fused-ring (bicyclic) bond motifs is 1. The third kappa shape index (κ3) is 3.48. The summed E-state index contributed by atoms with van der Waals surface area (Å²) in [6, 6.07) is 12.1. The molecule has 1 amide bonds. The van der Waals surface area contributed by atoms with E-state index in [2.05, 4.69) is 0 Å². The molecule has 0 aliphatic rings. The summed E-state index contributed by atoms with van der Waals surface area (Å²) in [5.41, 5.74) is 0.764. The molecule has 0 spiro atoms. The Bertz CT molecular complexity index is 1080. The average molecular weight is 392 g/mol. The lowest BCUT2D eigenvalue weighted by Gasteiger charge is -2.25. The molecule has 2 N–H and O–H groups in total. The van der Waals surface area contributed by atoms with Gasteiger partial charge >= 0.3 is 0 Å². The number of carbonyl (C=O) groups is 1. The van der Waals surface area contributed by atoms with E-state index in [4.69, 9.17) is 5.14 Å². The van der Waals surface area contributed by atoms with Gasteiger partial charge in [-0.2, -0.15) is 0 Å². The largest absolute Gasteiger partial charge is 0.334 e. The van der Waals surface area contributed by atoms with E-state index in [1.165, 1.54) is 34.4 Å². The molecule has 1 heterocycles. The van der Waals surface area contributed by atoms with E-state index in [9.17, 15) is 17.6 Å². The number of hydrogen-bond donors (Lipinski definition) is 1. The van der Waals surface area contributed by atoms with Gasteiger partial charge < -0.3 is 4.90 Å². The number of nitrogens with two attached hydrogens (primary N) is 1. The number of amides is 1. The summed E-state index contributed by atoms with van der Waals surface area (Å²) in [5, 5.41) is 5.52. The second-order valence-corrected chi connectivity index (χ2v) is 8.61. The Kier molecular flexibility index (Phi) is 4.83. The summed E-state index contributed by atoms with van der Waals surface area (Å²) in [7, 11) is -2.10. The third-order valence-electron chi connectivity index (χ3n) is 4.31. The molecule has 0 unspecified atom stereocenters. The second kappa shape index (κ2) is 6.79. The summed E-state index contributed by atoms with van der Waals surface area (Å²) in [5.74, 6) is -0.583. The van der Waals surface area contributed by atoms with Crippen LogP contribution in [0.25, 0.3) is 10.1 Å². The minimum atomic E-state index is -3.76. The van der Waals surface area contributed by atoms with Crippen LogP contribution in [0.1, 0.15) is 28.2 Å². The topological polar surface area (TPSA) is 80.5 Å². The standard InChI is InChI=1S/C18H17FN2O3S2/c1-11(12-6-8-13(9-7-12)26(20,23)24)21(2)18(22)17-10-14-15(19)4-3-5-16(14)25-17/h3-11H,1-2H3,(H2,20,23,24)/t11-/m1/s1. The van der Waals surface area contributed by atoms with Gasteiger partial charge in [0.1, 0.15) is 5.82 Å². The Hall–Kier alpha value is -2.29. The first-order chi connectivity index (χ1) is 12.2. The zero-order valence-electron chi connectivity index (χ0n) is 14.1. The van der Waals surface area contributed by atoms with Crippen LogP contribution in [0, 0.1) is 5.82 Å². The summed E-state index contributed by atoms with van der Waals surface area (Å²) in [6.45, 7) is 1.83. The molecule has 0 saturated heterocycles. The van der Waals surface area contributed by atoms with Gasteiger partial charge in [-0.1, -0.05) is 18.2 Å². The van der Waals surface area contributed by atoms with Crippen LogP contribution >= 0.6 is 11.3 Å². The summed E-state index contributed by atoms with van der Waals surface area (Å²) in [6.07, 6.45) is 0. The monoisotopic (exact) mass is 392 g/mol. The molecule has 2 aromatic carbocycles. The van der Waals surface area contributed by atoms with Crippen LogP contribution in [0.3, 0.4) is 0 Å². The molecular weight excluding hydrogens is 375 g/mol. The van der Waals surface area contributed by atoms with E-state index in [-0.39, 0.29) is 22.7 Å². The molecule has 8 heteroatoms. The Morgan fingerprint density at radius 3 is 2.42 bits per heavy atom. The zero-order chi connectivity index (χ0) is 19.1. The lowest BCUT2D eigenvalue weighted by molar-refractivity contribution is 0.0747. The molecule has 0 saturated carbocycles. The van der Waals surface area contributed by atoms with Crippen LogP contribution in [0.4, 0.5) is 4.39 Å². The first-order valence-corrected chi connectivity index (χ1v) is 10.1. The highest BCUT2D eigenvalue weighted by Crippen LogP contribution is 2.30. The molecule has 0 bridgehead atoms. The fourth-order valence-electron chi connectivity index (χ4n) is 2.64. The van der Waals surface area contributed by atoms with Crippen molar-refractivity contribution in [1.29, 1.82) is 0 Å². The highest BCUT2D eigenvalue weighted by Gasteiger charge is 2.22. The molecule has 0 aliphatic heterocycles. The second-order valence-electron chi connectivity index (χ2n) is 5.97. The molecule has 3 rings (SSSR count). The quantitative estimate of drug-likeness (QED) is 0.738. The molecule has 1 aromatic heterocycles. The highest BCUT2D eigenvalue weighted by molar-refractivity contribution is 7.89. The van der Waals surface area contributed by atoms with E-state index in [1.807, 2.05) is 6.92 Å². The molecule has 26 heavy (non-hydrogen) atoms. The van der Waals surface area contributed by atoms with Gasteiger partial charge in [-0.15, -0.1) is 11.3 Å². The maximum absolute atomic E-state index is 13.8. The maximum Gasteiger partial charge on any atom is 0.264 e. The number of benzene rings is 2. The molecule has 5 nitrogen and oxygen atoms in total. The van der Waals surface area contributed by atoms with Crippen molar-refractivity contribution in [2.24, 2.45) is 5.14 Å². The Morgan fingerprint density at radius 1 is 1.19 bits per heavy atom. The maximum atomic E-state index is 13.8. The minimum absolute atomic E-state index is 0.0161. The van der Waals surface area contributed by atoms with Crippen LogP contribution in [-0.4, -0.2) is 26.3 Å². The number of hydrogen-bond acceptors (Lipinski definition) is 4. The van der Waals surface area contributed by atoms with Crippen molar-refractivity contribution >= 4 is 37.4 Å². The number of primary sulfonamides is 1. The van der Waals surface area contributed by atoms with Crippen molar-refractivity contribution in [3.05, 3.63) is 64.8 Å². The molecule has 136 valence electrons. The van der Waals surface area contributed by atoms with Crippen LogP contribution in [-0.2, 0) is 10.0 Å². The first kappa shape index (κ1) is 18.5. The Labute approximate surface area is 154 Å². The molecular formula is C18H17FN2O3S2. The van der Waals surface area contributed by atoms with Crippen molar-refractivity contribution in [3.63, 3.8) is 0 Å². The van der Waals surface area contributed by atoms with Crippen molar-refractivity contribution in [1.82, 2.24) is 4.90 Å². The van der Waals surface area contributed by atoms with E-state index in [0.29, 0.717) is 15.0 Å². The number of thiophene rings is 1. The van der Waals surface area contributed by atoms with Crippen LogP contribution < -0.4 is 5.14 Å². The summed E-state index contributed by atoms with van der Waals surface area (Å²) < 4.78 is 37.2. The fourth-order valence-corrected chi connectivity index (χ4v) is 4.21. The van der Waals surface area contributed by atoms with E-state index in [1.54, 1.807) is 37.4 Å². The predicted octanol–water partition coefficient (Wildman–Crippen LogP) is 3.52. The molecule has 0 radical (unpaired) electrons. The smallest absolute Gasteiger partial charge is 0.264 e. The molecule has 3 aromatic rings. The van der Waals surface area contributed by atoms with Gasteiger partial charge in [-0.3, -0.25) is 4.79 Å². The Morgan fingerprint density at radius 2 is 1.85 bits per heavy atom. The number of sulfonamides is 1. The molecule has 1 atom stereocenters. The first-order valence-electron chi connectivity index (χ1n) is 7.76. The van der Waals surface area contributed by atoms with Crippen LogP contribution in [0.15, 0.2) is 53.4 Å². The normalized spacial score (nSPS) is 12.9. The lowest BCUT2D eigenvalue weighted by Crippen LogP contribution is -2.29. The van der Waals surface area contributed by atoms with Gasteiger partial charge in [0.2, 0.25) is 10.0 Å². The minimum Gasteiger partial charge on any atom is -0.334 e. The van der Waals surface area contributed by atoms with Gasteiger partial charge in [0, 0.05) is 17.1 Å². The van der Waals surface area contributed by atoms with E-state index >= 15 is 0 Å². The number of carbonyl (C=O) groups excluding carboxylic acids is 1. The lowest BCUT2D eigenvalue weighted by atomic mass is 10.1. The van der Waals surface area contributed by atoms with Gasteiger partial charge in [0.05, 0.1) is 15.8 Å². The third-order valence-corrected chi connectivity index (χ3v) is 6.33. The van der Waals surface area contributed by atoms with Gasteiger partial charge in [0.25, 0.3) is 5.91 Å². The van der Waals surface area contributed by atoms with Crippen LogP contribution in [0.2, 0.25) is 0 Å². The molecule has 0 aliphatic carbocycles. The van der Waals surface area contributed by atoms with Crippen molar-refractivity contribution < 1.29 is 17.6 Å². The summed E-state index contributed by atoms with van der Waals surface area (Å²) in [4.78, 5) is 14.8. The van der Waals surface area contributed by atoms with Crippen molar-refractivity contribution in [3.8, 4) is 0 Å². The van der Waals surface area contributed by atoms with E-state index in [0.717, 1.165) is 5.56 Å². The van der Waals surface area contributed by atoms with Crippen molar-refractivity contribution in [2.45, 2.75) is 17.9 Å². The van der Waals surface area contributed by atoms with Gasteiger partial charge in [-0.05, 0) is 42.8 Å². The zero-order valence-corrected chi connectivity index (χ0v) is 15.8. The molecule has 0 fully saturated rings. The van der Waals surface area contributed by atoms with Gasteiger partial charge in [0.15, 0.2) is 0 Å². The predicted molar refractivity (Wildman–Crippen MR) is 100 cm³/mol. The number of rotatable bonds is 4. The SMILES string of the molecule is C[C@H](c1ccc(S(N)(=O)=O)cc1)N(C)C(=O)c1cc2c(F)cccc2s1. The number of nitrogens with zero attached hydrogens (tertiary/aromatic N) is 1. The Balaban J connectivity index is 1.86. The number of halogens is 1. The highest BCUT2D eigenvalue weighted by atomic mass is 32.2. The average Bonchev–Trinajstić information content (AvgIpc) is 3.05. The van der Waals surface area contributed by atoms with Gasteiger partial charge in [-0.25, -0.2) is 17.9 Å².